The van der Waals surface area contributed by atoms with Crippen LogP contribution in [0.5, 0.6) is 11.5 Å². The molecule has 0 saturated heterocycles. The summed E-state index contributed by atoms with van der Waals surface area (Å²) in [5.41, 5.74) is 3.57. The van der Waals surface area contributed by atoms with Crippen LogP contribution in [-0.4, -0.2) is 20.5 Å². The monoisotopic (exact) mass is 256 g/mol. The molecule has 0 aliphatic rings. The molecule has 0 aliphatic carbocycles. The molecule has 0 atom stereocenters. The summed E-state index contributed by atoms with van der Waals surface area (Å²) in [6.45, 7) is 1.98. The summed E-state index contributed by atoms with van der Waals surface area (Å²) in [4.78, 5) is 10.9. The maximum atomic E-state index is 10.9. The van der Waals surface area contributed by atoms with E-state index in [0.29, 0.717) is 5.56 Å². The first-order valence-electron chi connectivity index (χ1n) is 5.98. The Morgan fingerprint density at radius 2 is 1.63 bits per heavy atom. The zero-order valence-corrected chi connectivity index (χ0v) is 11.3. The van der Waals surface area contributed by atoms with Crippen LogP contribution in [0, 0.1) is 6.92 Å². The number of carbonyl (C=O) groups is 1. The van der Waals surface area contributed by atoms with Crippen LogP contribution >= 0.6 is 0 Å². The van der Waals surface area contributed by atoms with Crippen LogP contribution < -0.4 is 9.47 Å². The van der Waals surface area contributed by atoms with Crippen molar-refractivity contribution in [3.8, 4) is 22.6 Å². The molecule has 0 unspecified atom stereocenters. The molecule has 2 aromatic rings. The summed E-state index contributed by atoms with van der Waals surface area (Å²) in [6, 6.07) is 11.3. The summed E-state index contributed by atoms with van der Waals surface area (Å²) in [5, 5.41) is 0. The lowest BCUT2D eigenvalue weighted by Gasteiger charge is -2.11. The zero-order valence-electron chi connectivity index (χ0n) is 11.3. The summed E-state index contributed by atoms with van der Waals surface area (Å²) in [5.74, 6) is 1.59. The Kier molecular flexibility index (Phi) is 3.85. The Bertz CT molecular complexity index is 603. The van der Waals surface area contributed by atoms with Crippen LogP contribution in [-0.2, 0) is 0 Å². The largest absolute Gasteiger partial charge is 0.496 e. The average Bonchev–Trinajstić information content (AvgIpc) is 2.46. The molecule has 2 rings (SSSR count). The van der Waals surface area contributed by atoms with E-state index in [0.717, 1.165) is 34.5 Å². The first kappa shape index (κ1) is 13.1. The van der Waals surface area contributed by atoms with Crippen molar-refractivity contribution in [1.82, 2.24) is 0 Å². The van der Waals surface area contributed by atoms with Crippen molar-refractivity contribution >= 4 is 6.29 Å². The lowest BCUT2D eigenvalue weighted by atomic mass is 10.00. The molecule has 3 heteroatoms. The minimum absolute atomic E-state index is 0.629. The maximum absolute atomic E-state index is 10.9. The third-order valence-corrected chi connectivity index (χ3v) is 3.07. The number of aldehydes is 1. The van der Waals surface area contributed by atoms with E-state index >= 15 is 0 Å². The van der Waals surface area contributed by atoms with E-state index in [2.05, 4.69) is 0 Å². The van der Waals surface area contributed by atoms with Crippen molar-refractivity contribution in [2.24, 2.45) is 0 Å². The van der Waals surface area contributed by atoms with Gasteiger partial charge in [-0.3, -0.25) is 4.79 Å². The van der Waals surface area contributed by atoms with Crippen molar-refractivity contribution in [3.63, 3.8) is 0 Å². The molecule has 98 valence electrons. The second kappa shape index (κ2) is 5.57. The van der Waals surface area contributed by atoms with E-state index in [-0.39, 0.29) is 0 Å². The van der Waals surface area contributed by atoms with Gasteiger partial charge in [0, 0.05) is 11.1 Å². The van der Waals surface area contributed by atoms with Crippen molar-refractivity contribution in [1.29, 1.82) is 0 Å². The first-order valence-corrected chi connectivity index (χ1v) is 5.98. The molecule has 0 N–H and O–H groups in total. The van der Waals surface area contributed by atoms with Gasteiger partial charge in [0.1, 0.15) is 17.8 Å². The van der Waals surface area contributed by atoms with Gasteiger partial charge in [-0.1, -0.05) is 6.07 Å². The number of benzene rings is 2. The van der Waals surface area contributed by atoms with Gasteiger partial charge in [0.05, 0.1) is 14.2 Å². The molecule has 19 heavy (non-hydrogen) atoms. The summed E-state index contributed by atoms with van der Waals surface area (Å²) in [7, 11) is 3.27. The van der Waals surface area contributed by atoms with Crippen LogP contribution in [0.4, 0.5) is 0 Å². The lowest BCUT2D eigenvalue weighted by Crippen LogP contribution is -1.92. The molecule has 0 radical (unpaired) electrons. The molecular formula is C16H16O3. The lowest BCUT2D eigenvalue weighted by molar-refractivity contribution is 0.112. The first-order chi connectivity index (χ1) is 9.19. The van der Waals surface area contributed by atoms with Crippen molar-refractivity contribution in [3.05, 3.63) is 47.5 Å². The highest BCUT2D eigenvalue weighted by atomic mass is 16.5. The summed E-state index contributed by atoms with van der Waals surface area (Å²) >= 11 is 0. The van der Waals surface area contributed by atoms with Crippen molar-refractivity contribution in [2.75, 3.05) is 14.2 Å². The van der Waals surface area contributed by atoms with Crippen LogP contribution in [0.1, 0.15) is 15.9 Å². The van der Waals surface area contributed by atoms with Gasteiger partial charge >= 0.3 is 0 Å². The van der Waals surface area contributed by atoms with E-state index in [1.807, 2.05) is 31.2 Å². The van der Waals surface area contributed by atoms with Crippen molar-refractivity contribution in [2.45, 2.75) is 6.92 Å². The van der Waals surface area contributed by atoms with Crippen molar-refractivity contribution < 1.29 is 14.3 Å². The van der Waals surface area contributed by atoms with E-state index in [1.165, 1.54) is 0 Å². The number of hydrogen-bond donors (Lipinski definition) is 0. The Morgan fingerprint density at radius 3 is 2.21 bits per heavy atom. The molecule has 2 aromatic carbocycles. The van der Waals surface area contributed by atoms with Gasteiger partial charge in [-0.05, 0) is 48.4 Å². The quantitative estimate of drug-likeness (QED) is 0.785. The second-order valence-corrected chi connectivity index (χ2v) is 4.26. The highest BCUT2D eigenvalue weighted by molar-refractivity contribution is 5.82. The molecule has 3 nitrogen and oxygen atoms in total. The second-order valence-electron chi connectivity index (χ2n) is 4.26. The smallest absolute Gasteiger partial charge is 0.150 e. The van der Waals surface area contributed by atoms with Crippen LogP contribution in [0.25, 0.3) is 11.1 Å². The molecule has 0 fully saturated rings. The van der Waals surface area contributed by atoms with E-state index < -0.39 is 0 Å². The Hall–Kier alpha value is -2.29. The van der Waals surface area contributed by atoms with Crippen LogP contribution in [0.2, 0.25) is 0 Å². The summed E-state index contributed by atoms with van der Waals surface area (Å²) < 4.78 is 10.6. The van der Waals surface area contributed by atoms with Gasteiger partial charge in [-0.15, -0.1) is 0 Å². The molecule has 0 heterocycles. The average molecular weight is 256 g/mol. The predicted octanol–water partition coefficient (Wildman–Crippen LogP) is 3.49. The number of rotatable bonds is 4. The van der Waals surface area contributed by atoms with Gasteiger partial charge in [0.2, 0.25) is 0 Å². The molecule has 0 amide bonds. The highest BCUT2D eigenvalue weighted by Crippen LogP contribution is 2.33. The predicted molar refractivity (Wildman–Crippen MR) is 75.1 cm³/mol. The fraction of sp³-hybridized carbons (Fsp3) is 0.188. The highest BCUT2D eigenvalue weighted by Gasteiger charge is 2.09. The minimum Gasteiger partial charge on any atom is -0.496 e. The van der Waals surface area contributed by atoms with Gasteiger partial charge < -0.3 is 9.47 Å². The number of ether oxygens (including phenoxy) is 2. The number of hydrogen-bond acceptors (Lipinski definition) is 3. The van der Waals surface area contributed by atoms with Crippen LogP contribution in [0.15, 0.2) is 36.4 Å². The van der Waals surface area contributed by atoms with Gasteiger partial charge in [-0.25, -0.2) is 0 Å². The molecule has 0 spiro atoms. The third kappa shape index (κ3) is 2.60. The fourth-order valence-electron chi connectivity index (χ4n) is 2.07. The SMILES string of the molecule is COc1ccc(-c2cc(C=O)ccc2OC)cc1C. The third-order valence-electron chi connectivity index (χ3n) is 3.07. The normalized spacial score (nSPS) is 10.1. The number of methoxy groups -OCH3 is 2. The fourth-order valence-corrected chi connectivity index (χ4v) is 2.07. The maximum Gasteiger partial charge on any atom is 0.150 e. The molecule has 0 aromatic heterocycles. The van der Waals surface area contributed by atoms with E-state index in [4.69, 9.17) is 9.47 Å². The minimum atomic E-state index is 0.629. The standard InChI is InChI=1S/C16H16O3/c1-11-8-13(5-7-15(11)18-2)14-9-12(10-17)4-6-16(14)19-3/h4-10H,1-3H3. The van der Waals surface area contributed by atoms with Gasteiger partial charge in [0.25, 0.3) is 0 Å². The Balaban J connectivity index is 2.56. The Labute approximate surface area is 112 Å². The van der Waals surface area contributed by atoms with Crippen LogP contribution in [0.3, 0.4) is 0 Å². The molecule has 0 saturated carbocycles. The van der Waals surface area contributed by atoms with Gasteiger partial charge in [0.15, 0.2) is 0 Å². The topological polar surface area (TPSA) is 35.5 Å². The molecule has 0 aliphatic heterocycles. The number of aryl methyl sites for hydroxylation is 1. The molecular weight excluding hydrogens is 240 g/mol. The zero-order chi connectivity index (χ0) is 13.8. The summed E-state index contributed by atoms with van der Waals surface area (Å²) in [6.07, 6.45) is 0.833. The Morgan fingerprint density at radius 1 is 0.947 bits per heavy atom. The van der Waals surface area contributed by atoms with E-state index in [1.54, 1.807) is 26.4 Å². The molecule has 0 bridgehead atoms. The van der Waals surface area contributed by atoms with E-state index in [9.17, 15) is 4.79 Å². The number of carbonyl (C=O) groups excluding carboxylic acids is 1. The van der Waals surface area contributed by atoms with Gasteiger partial charge in [-0.2, -0.15) is 0 Å².